The van der Waals surface area contributed by atoms with Gasteiger partial charge in [0.1, 0.15) is 19.0 Å². The number of rotatable bonds is 3. The second-order valence-electron chi connectivity index (χ2n) is 6.70. The van der Waals surface area contributed by atoms with Crippen molar-refractivity contribution in [3.8, 4) is 23.0 Å². The van der Waals surface area contributed by atoms with Crippen LogP contribution in [-0.4, -0.2) is 35.8 Å². The summed E-state index contributed by atoms with van der Waals surface area (Å²) in [4.78, 5) is 18.7. The lowest BCUT2D eigenvalue weighted by Gasteiger charge is -2.22. The predicted molar refractivity (Wildman–Crippen MR) is 96.8 cm³/mol. The SMILES string of the molecule is O=C1CC(c2noc(-c3ccc(F)cc3)n2)CN1c1ccc2c(c1)OCCO2. The number of halogens is 1. The highest BCUT2D eigenvalue weighted by Gasteiger charge is 2.35. The number of nitrogens with zero attached hydrogens (tertiary/aromatic N) is 3. The summed E-state index contributed by atoms with van der Waals surface area (Å²) in [6.07, 6.45) is 0.289. The highest BCUT2D eigenvalue weighted by Crippen LogP contribution is 2.37. The molecule has 3 heterocycles. The van der Waals surface area contributed by atoms with Crippen LogP contribution in [0.3, 0.4) is 0 Å². The summed E-state index contributed by atoms with van der Waals surface area (Å²) in [6.45, 7) is 1.45. The minimum Gasteiger partial charge on any atom is -0.486 e. The molecular formula is C20H16FN3O4. The van der Waals surface area contributed by atoms with Crippen molar-refractivity contribution < 1.29 is 23.2 Å². The van der Waals surface area contributed by atoms with Crippen molar-refractivity contribution in [2.24, 2.45) is 0 Å². The Labute approximate surface area is 159 Å². The number of carbonyl (C=O) groups excluding carboxylic acids is 1. The summed E-state index contributed by atoms with van der Waals surface area (Å²) in [7, 11) is 0. The van der Waals surface area contributed by atoms with Gasteiger partial charge in [-0.3, -0.25) is 4.79 Å². The molecule has 28 heavy (non-hydrogen) atoms. The molecule has 1 atom stereocenters. The second-order valence-corrected chi connectivity index (χ2v) is 6.70. The number of amides is 1. The summed E-state index contributed by atoms with van der Waals surface area (Å²) >= 11 is 0. The van der Waals surface area contributed by atoms with E-state index >= 15 is 0 Å². The van der Waals surface area contributed by atoms with Gasteiger partial charge in [-0.05, 0) is 36.4 Å². The van der Waals surface area contributed by atoms with Crippen LogP contribution in [0.2, 0.25) is 0 Å². The van der Waals surface area contributed by atoms with Crippen LogP contribution in [0.15, 0.2) is 47.0 Å². The van der Waals surface area contributed by atoms with Gasteiger partial charge in [-0.25, -0.2) is 4.39 Å². The van der Waals surface area contributed by atoms with Gasteiger partial charge in [-0.1, -0.05) is 5.16 Å². The molecule has 0 spiro atoms. The number of hydrogen-bond donors (Lipinski definition) is 0. The van der Waals surface area contributed by atoms with Crippen molar-refractivity contribution in [1.29, 1.82) is 0 Å². The van der Waals surface area contributed by atoms with Gasteiger partial charge in [0.2, 0.25) is 5.91 Å². The quantitative estimate of drug-likeness (QED) is 0.694. The zero-order chi connectivity index (χ0) is 19.1. The van der Waals surface area contributed by atoms with Crippen molar-refractivity contribution in [2.75, 3.05) is 24.7 Å². The Morgan fingerprint density at radius 1 is 1.04 bits per heavy atom. The third-order valence-electron chi connectivity index (χ3n) is 4.86. The molecule has 0 aliphatic carbocycles. The number of carbonyl (C=O) groups is 1. The molecule has 2 aromatic carbocycles. The van der Waals surface area contributed by atoms with Crippen LogP contribution in [0.4, 0.5) is 10.1 Å². The first-order valence-electron chi connectivity index (χ1n) is 8.97. The van der Waals surface area contributed by atoms with E-state index in [1.165, 1.54) is 12.1 Å². The minimum absolute atomic E-state index is 0.0187. The molecule has 1 fully saturated rings. The van der Waals surface area contributed by atoms with Crippen molar-refractivity contribution >= 4 is 11.6 Å². The first kappa shape index (κ1) is 16.7. The summed E-state index contributed by atoms with van der Waals surface area (Å²) in [5.74, 6) is 1.56. The highest BCUT2D eigenvalue weighted by molar-refractivity contribution is 5.96. The third-order valence-corrected chi connectivity index (χ3v) is 4.86. The number of hydrogen-bond acceptors (Lipinski definition) is 6. The van der Waals surface area contributed by atoms with E-state index in [0.717, 1.165) is 5.69 Å². The first-order chi connectivity index (χ1) is 13.7. The van der Waals surface area contributed by atoms with Crippen LogP contribution in [0.1, 0.15) is 18.2 Å². The van der Waals surface area contributed by atoms with E-state index in [9.17, 15) is 9.18 Å². The number of anilines is 1. The van der Waals surface area contributed by atoms with Gasteiger partial charge in [0.15, 0.2) is 17.3 Å². The summed E-state index contributed by atoms with van der Waals surface area (Å²) < 4.78 is 29.5. The highest BCUT2D eigenvalue weighted by atomic mass is 19.1. The Kier molecular flexibility index (Phi) is 3.96. The Morgan fingerprint density at radius 2 is 1.82 bits per heavy atom. The molecule has 0 N–H and O–H groups in total. The maximum atomic E-state index is 13.1. The Morgan fingerprint density at radius 3 is 2.64 bits per heavy atom. The smallest absolute Gasteiger partial charge is 0.257 e. The molecule has 0 saturated carbocycles. The molecule has 142 valence electrons. The van der Waals surface area contributed by atoms with Crippen LogP contribution in [0.5, 0.6) is 11.5 Å². The summed E-state index contributed by atoms with van der Waals surface area (Å²) in [5.41, 5.74) is 1.38. The molecule has 1 saturated heterocycles. The molecule has 0 bridgehead atoms. The molecule has 3 aromatic rings. The first-order valence-corrected chi connectivity index (χ1v) is 8.97. The average Bonchev–Trinajstić information content (AvgIpc) is 3.35. The monoisotopic (exact) mass is 381 g/mol. The van der Waals surface area contributed by atoms with Gasteiger partial charge in [0, 0.05) is 36.2 Å². The van der Waals surface area contributed by atoms with E-state index in [1.807, 2.05) is 18.2 Å². The molecule has 7 nitrogen and oxygen atoms in total. The van der Waals surface area contributed by atoms with E-state index in [1.54, 1.807) is 17.0 Å². The van der Waals surface area contributed by atoms with E-state index in [0.29, 0.717) is 48.5 Å². The van der Waals surface area contributed by atoms with Crippen LogP contribution in [0, 0.1) is 5.82 Å². The lowest BCUT2D eigenvalue weighted by Crippen LogP contribution is -2.25. The van der Waals surface area contributed by atoms with Crippen LogP contribution in [0.25, 0.3) is 11.5 Å². The van der Waals surface area contributed by atoms with E-state index in [-0.39, 0.29) is 24.1 Å². The van der Waals surface area contributed by atoms with Gasteiger partial charge in [0.25, 0.3) is 5.89 Å². The second kappa shape index (κ2) is 6.63. The van der Waals surface area contributed by atoms with Gasteiger partial charge >= 0.3 is 0 Å². The van der Waals surface area contributed by atoms with Crippen molar-refractivity contribution in [2.45, 2.75) is 12.3 Å². The topological polar surface area (TPSA) is 77.7 Å². The number of fused-ring (bicyclic) bond motifs is 1. The lowest BCUT2D eigenvalue weighted by atomic mass is 10.1. The predicted octanol–water partition coefficient (Wildman–Crippen LogP) is 3.17. The van der Waals surface area contributed by atoms with Gasteiger partial charge < -0.3 is 18.9 Å². The average molecular weight is 381 g/mol. The fourth-order valence-electron chi connectivity index (χ4n) is 3.44. The fourth-order valence-corrected chi connectivity index (χ4v) is 3.44. The Bertz CT molecular complexity index is 1030. The van der Waals surface area contributed by atoms with E-state index in [4.69, 9.17) is 14.0 Å². The van der Waals surface area contributed by atoms with Crippen LogP contribution >= 0.6 is 0 Å². The summed E-state index contributed by atoms with van der Waals surface area (Å²) in [5, 5.41) is 4.03. The molecule has 2 aliphatic rings. The fraction of sp³-hybridized carbons (Fsp3) is 0.250. The molecule has 2 aliphatic heterocycles. The molecule has 1 aromatic heterocycles. The van der Waals surface area contributed by atoms with Gasteiger partial charge in [-0.15, -0.1) is 0 Å². The minimum atomic E-state index is -0.333. The van der Waals surface area contributed by atoms with Crippen molar-refractivity contribution in [1.82, 2.24) is 10.1 Å². The third kappa shape index (κ3) is 2.96. The van der Waals surface area contributed by atoms with Crippen LogP contribution in [-0.2, 0) is 4.79 Å². The molecule has 0 radical (unpaired) electrons. The number of aromatic nitrogens is 2. The lowest BCUT2D eigenvalue weighted by molar-refractivity contribution is -0.117. The molecule has 5 rings (SSSR count). The van der Waals surface area contributed by atoms with Crippen molar-refractivity contribution in [3.63, 3.8) is 0 Å². The maximum absolute atomic E-state index is 13.1. The maximum Gasteiger partial charge on any atom is 0.257 e. The largest absolute Gasteiger partial charge is 0.486 e. The van der Waals surface area contributed by atoms with E-state index in [2.05, 4.69) is 10.1 Å². The normalized spacial score (nSPS) is 18.5. The molecule has 8 heteroatoms. The van der Waals surface area contributed by atoms with E-state index < -0.39 is 0 Å². The zero-order valence-corrected chi connectivity index (χ0v) is 14.8. The van der Waals surface area contributed by atoms with Gasteiger partial charge in [0.05, 0.1) is 0 Å². The van der Waals surface area contributed by atoms with Crippen molar-refractivity contribution in [3.05, 3.63) is 54.1 Å². The Hall–Kier alpha value is -3.42. The molecular weight excluding hydrogens is 365 g/mol. The zero-order valence-electron chi connectivity index (χ0n) is 14.8. The van der Waals surface area contributed by atoms with Gasteiger partial charge in [-0.2, -0.15) is 4.98 Å². The van der Waals surface area contributed by atoms with Crippen LogP contribution < -0.4 is 14.4 Å². The number of ether oxygens (including phenoxy) is 2. The molecule has 1 amide bonds. The molecule has 1 unspecified atom stereocenters. The number of benzene rings is 2. The summed E-state index contributed by atoms with van der Waals surface area (Å²) in [6, 6.07) is 11.3. The standard InChI is InChI=1S/C20H16FN3O4/c21-14-3-1-12(2-4-14)20-22-19(23-28-20)13-9-18(25)24(11-13)15-5-6-16-17(10-15)27-8-7-26-16/h1-6,10,13H,7-9,11H2. The Balaban J connectivity index is 1.36.